The van der Waals surface area contributed by atoms with Gasteiger partial charge in [0.2, 0.25) is 11.6 Å². The third-order valence-corrected chi connectivity index (χ3v) is 9.92. The fraction of sp³-hybridized carbons (Fsp3) is 0.500. The van der Waals surface area contributed by atoms with Crippen LogP contribution in [0, 0.1) is 17.3 Å². The highest BCUT2D eigenvalue weighted by Gasteiger charge is 2.39. The van der Waals surface area contributed by atoms with Gasteiger partial charge in [-0.2, -0.15) is 0 Å². The predicted molar refractivity (Wildman–Crippen MR) is 220 cm³/mol. The number of carbonyl (C=O) groups excluding carboxylic acids is 7. The van der Waals surface area contributed by atoms with Crippen molar-refractivity contribution in [2.75, 3.05) is 39.6 Å². The first-order valence-corrected chi connectivity index (χ1v) is 20.3. The molecule has 1 aliphatic rings. The predicted octanol–water partition coefficient (Wildman–Crippen LogP) is 7.28. The molecule has 1 aliphatic carbocycles. The van der Waals surface area contributed by atoms with Gasteiger partial charge in [-0.05, 0) is 80.8 Å². The van der Waals surface area contributed by atoms with Crippen LogP contribution in [0.3, 0.4) is 0 Å². The van der Waals surface area contributed by atoms with Crippen LogP contribution in [0.4, 0.5) is 0 Å². The lowest BCUT2D eigenvalue weighted by Crippen LogP contribution is -2.45. The van der Waals surface area contributed by atoms with Gasteiger partial charge in [-0.15, -0.1) is 0 Å². The monoisotopic (exact) mass is 834 g/mol. The average molecular weight is 835 g/mol. The Morgan fingerprint density at radius 1 is 0.633 bits per heavy atom. The maximum absolute atomic E-state index is 13.0. The summed E-state index contributed by atoms with van der Waals surface area (Å²) >= 11 is 0. The van der Waals surface area contributed by atoms with E-state index in [-0.39, 0.29) is 54.2 Å². The maximum Gasteiger partial charge on any atom is 0.374 e. The van der Waals surface area contributed by atoms with E-state index in [0.717, 1.165) is 38.2 Å². The number of Topliss-reactive ketones (excluding diaryl/α,β-unsaturated/α-hetero) is 2. The lowest BCUT2D eigenvalue weighted by molar-refractivity contribution is -0.168. The van der Waals surface area contributed by atoms with Crippen LogP contribution in [0.1, 0.15) is 92.4 Å². The first-order chi connectivity index (χ1) is 28.6. The SMILES string of the molecule is C=C(C)C(=O)OCCOc1cc(-c2ccc(OC(=O)C3CCC(CCCCC)CC3)cc2)ccc1OCC(COC(=O)C(=C)C)(COC(=O)C(C)=O)COC(=O)C(=O)CC. The fourth-order valence-electron chi connectivity index (χ4n) is 6.20. The van der Waals surface area contributed by atoms with E-state index in [0.29, 0.717) is 17.2 Å². The molecule has 0 bridgehead atoms. The van der Waals surface area contributed by atoms with Gasteiger partial charge in [0.1, 0.15) is 50.8 Å². The fourth-order valence-corrected chi connectivity index (χ4v) is 6.20. The molecule has 1 unspecified atom stereocenters. The molecule has 0 aliphatic heterocycles. The smallest absolute Gasteiger partial charge is 0.374 e. The van der Waals surface area contributed by atoms with Crippen molar-refractivity contribution in [3.05, 3.63) is 66.8 Å². The van der Waals surface area contributed by atoms with Gasteiger partial charge in [0.25, 0.3) is 0 Å². The molecule has 0 spiro atoms. The van der Waals surface area contributed by atoms with E-state index in [2.05, 4.69) is 20.1 Å². The Morgan fingerprint density at radius 2 is 1.22 bits per heavy atom. The van der Waals surface area contributed by atoms with E-state index >= 15 is 0 Å². The Balaban J connectivity index is 1.88. The number of unbranched alkanes of at least 4 members (excludes halogenated alkanes) is 2. The van der Waals surface area contributed by atoms with Crippen LogP contribution in [-0.4, -0.2) is 81.1 Å². The van der Waals surface area contributed by atoms with Crippen molar-refractivity contribution < 1.29 is 66.7 Å². The highest BCUT2D eigenvalue weighted by Crippen LogP contribution is 2.36. The highest BCUT2D eigenvalue weighted by atomic mass is 16.6. The van der Waals surface area contributed by atoms with Crippen molar-refractivity contribution in [1.82, 2.24) is 0 Å². The summed E-state index contributed by atoms with van der Waals surface area (Å²) in [4.78, 5) is 86.1. The summed E-state index contributed by atoms with van der Waals surface area (Å²) < 4.78 is 39.0. The summed E-state index contributed by atoms with van der Waals surface area (Å²) in [6.45, 7) is 12.2. The van der Waals surface area contributed by atoms with Crippen molar-refractivity contribution in [1.29, 1.82) is 0 Å². The molecule has 0 heterocycles. The number of esters is 5. The van der Waals surface area contributed by atoms with Gasteiger partial charge in [0, 0.05) is 24.5 Å². The van der Waals surface area contributed by atoms with Gasteiger partial charge >= 0.3 is 29.8 Å². The van der Waals surface area contributed by atoms with Crippen LogP contribution < -0.4 is 14.2 Å². The summed E-state index contributed by atoms with van der Waals surface area (Å²) in [6.07, 6.45) is 8.45. The first-order valence-electron chi connectivity index (χ1n) is 20.3. The van der Waals surface area contributed by atoms with Gasteiger partial charge in [0.15, 0.2) is 11.5 Å². The molecule has 2 aromatic carbocycles. The molecule has 3 rings (SSSR count). The van der Waals surface area contributed by atoms with Crippen LogP contribution in [-0.2, 0) is 52.5 Å². The normalized spacial score (nSPS) is 15.6. The van der Waals surface area contributed by atoms with Crippen LogP contribution >= 0.6 is 0 Å². The van der Waals surface area contributed by atoms with Crippen molar-refractivity contribution in [2.24, 2.45) is 17.3 Å². The molecular weight excluding hydrogens is 776 g/mol. The molecular formula is C46H58O14. The quantitative estimate of drug-likeness (QED) is 0.0243. The van der Waals surface area contributed by atoms with Gasteiger partial charge in [-0.25, -0.2) is 19.2 Å². The molecule has 14 heteroatoms. The van der Waals surface area contributed by atoms with Crippen LogP contribution in [0.25, 0.3) is 11.1 Å². The summed E-state index contributed by atoms with van der Waals surface area (Å²) in [5.41, 5.74) is 0.00485. The van der Waals surface area contributed by atoms with Gasteiger partial charge in [0.05, 0.1) is 5.92 Å². The molecule has 0 radical (unpaired) electrons. The van der Waals surface area contributed by atoms with Gasteiger partial charge in [-0.3, -0.25) is 14.4 Å². The molecule has 1 fully saturated rings. The molecule has 60 heavy (non-hydrogen) atoms. The Labute approximate surface area is 351 Å². The molecule has 2 aromatic rings. The Kier molecular flexibility index (Phi) is 19.7. The molecule has 0 N–H and O–H groups in total. The number of rotatable bonds is 25. The zero-order chi connectivity index (χ0) is 44.2. The second kappa shape index (κ2) is 24.3. The minimum Gasteiger partial charge on any atom is -0.489 e. The summed E-state index contributed by atoms with van der Waals surface area (Å²) in [7, 11) is 0. The van der Waals surface area contributed by atoms with Crippen molar-refractivity contribution in [2.45, 2.75) is 92.4 Å². The molecule has 0 aromatic heterocycles. The maximum atomic E-state index is 13.0. The summed E-state index contributed by atoms with van der Waals surface area (Å²) in [5.74, 6) is -4.52. The number of benzene rings is 2. The third kappa shape index (κ3) is 15.8. The molecule has 326 valence electrons. The Hall–Kier alpha value is -5.79. The standard InChI is InChI=1S/C46H58O14/c1-8-10-11-12-33-13-15-35(16-14-33)44(52)60-37-20-17-34(18-21-37)36-19-22-39(40(25-36)54-23-24-55-41(49)30(3)4)56-26-46(27-57-42(50)31(5)6,28-58-43(51)32(7)47)29-59-45(53)38(48)9-2/h17-22,25,33,35H,3,5,8-16,23-24,26-29H2,1-2,4,6-7H3. The molecule has 14 nitrogen and oxygen atoms in total. The minimum atomic E-state index is -1.64. The van der Waals surface area contributed by atoms with E-state index in [1.807, 2.05) is 0 Å². The number of carbonyl (C=O) groups is 7. The molecule has 1 saturated carbocycles. The second-order valence-corrected chi connectivity index (χ2v) is 15.2. The Bertz CT molecular complexity index is 1820. The largest absolute Gasteiger partial charge is 0.489 e. The molecule has 0 saturated heterocycles. The van der Waals surface area contributed by atoms with Crippen molar-refractivity contribution >= 4 is 41.4 Å². The van der Waals surface area contributed by atoms with E-state index in [9.17, 15) is 33.6 Å². The van der Waals surface area contributed by atoms with Crippen molar-refractivity contribution in [3.63, 3.8) is 0 Å². The second-order valence-electron chi connectivity index (χ2n) is 15.2. The van der Waals surface area contributed by atoms with E-state index < -0.39 is 67.3 Å². The van der Waals surface area contributed by atoms with Gasteiger partial charge in [-0.1, -0.05) is 70.9 Å². The van der Waals surface area contributed by atoms with Crippen molar-refractivity contribution in [3.8, 4) is 28.4 Å². The zero-order valence-corrected chi connectivity index (χ0v) is 35.4. The van der Waals surface area contributed by atoms with E-state index in [1.165, 1.54) is 46.5 Å². The van der Waals surface area contributed by atoms with Gasteiger partial charge < -0.3 is 33.2 Å². The topological polar surface area (TPSA) is 184 Å². The minimum absolute atomic E-state index is 0.0453. The van der Waals surface area contributed by atoms with Crippen LogP contribution in [0.15, 0.2) is 66.8 Å². The molecule has 1 atom stereocenters. The summed E-state index contributed by atoms with van der Waals surface area (Å²) in [6, 6.07) is 12.0. The lowest BCUT2D eigenvalue weighted by Gasteiger charge is -2.32. The number of hydrogen-bond acceptors (Lipinski definition) is 14. The summed E-state index contributed by atoms with van der Waals surface area (Å²) in [5, 5.41) is 0. The number of ketones is 2. The third-order valence-electron chi connectivity index (χ3n) is 9.92. The average Bonchev–Trinajstić information content (AvgIpc) is 3.24. The zero-order valence-electron chi connectivity index (χ0n) is 35.4. The van der Waals surface area contributed by atoms with E-state index in [4.69, 9.17) is 33.2 Å². The van der Waals surface area contributed by atoms with Crippen LogP contribution in [0.2, 0.25) is 0 Å². The number of hydrogen-bond donors (Lipinski definition) is 0. The van der Waals surface area contributed by atoms with E-state index in [1.54, 1.807) is 42.5 Å². The van der Waals surface area contributed by atoms with Crippen LogP contribution in [0.5, 0.6) is 17.2 Å². The lowest BCUT2D eigenvalue weighted by atomic mass is 9.80. The highest BCUT2D eigenvalue weighted by molar-refractivity contribution is 6.33. The number of ether oxygens (including phenoxy) is 7. The molecule has 0 amide bonds. The first kappa shape index (κ1) is 48.6. The Morgan fingerprint density at radius 3 is 1.80 bits per heavy atom.